The number of nitrogens with one attached hydrogen (secondary N) is 1. The molecule has 6 nitrogen and oxygen atoms in total. The van der Waals surface area contributed by atoms with Crippen molar-refractivity contribution in [2.45, 2.75) is 31.7 Å². The number of imidazole rings is 1. The van der Waals surface area contributed by atoms with Crippen LogP contribution in [0.4, 0.5) is 11.6 Å². The summed E-state index contributed by atoms with van der Waals surface area (Å²) in [6.07, 6.45) is 6.65. The van der Waals surface area contributed by atoms with Crippen molar-refractivity contribution in [3.05, 3.63) is 77.3 Å². The molecule has 0 saturated heterocycles. The molecule has 0 aliphatic heterocycles. The minimum atomic E-state index is -0.0140. The minimum Gasteiger partial charge on any atom is -0.324 e. The van der Waals surface area contributed by atoms with Crippen molar-refractivity contribution in [2.24, 2.45) is 11.8 Å². The third-order valence-electron chi connectivity index (χ3n) is 6.70. The highest BCUT2D eigenvalue weighted by molar-refractivity contribution is 5.75. The fourth-order valence-electron chi connectivity index (χ4n) is 5.37. The lowest BCUT2D eigenvalue weighted by Crippen LogP contribution is -2.29. The fraction of sp³-hybridized carbons (Fsp3) is 0.292. The summed E-state index contributed by atoms with van der Waals surface area (Å²) in [6, 6.07) is 19.9. The Hall–Kier alpha value is -3.41. The van der Waals surface area contributed by atoms with Crippen molar-refractivity contribution < 1.29 is 0 Å². The highest BCUT2D eigenvalue weighted by atomic mass is 16.2. The monoisotopic (exact) mass is 397 g/mol. The molecule has 6 heteroatoms. The van der Waals surface area contributed by atoms with Crippen LogP contribution in [0.15, 0.2) is 71.7 Å². The fourth-order valence-corrected chi connectivity index (χ4v) is 5.37. The molecule has 0 spiro atoms. The number of benzene rings is 2. The zero-order valence-corrected chi connectivity index (χ0v) is 16.6. The molecule has 2 fully saturated rings. The van der Waals surface area contributed by atoms with Crippen LogP contribution in [0.3, 0.4) is 0 Å². The first-order valence-electron chi connectivity index (χ1n) is 10.7. The Morgan fingerprint density at radius 2 is 1.70 bits per heavy atom. The smallest absolute Gasteiger partial charge is 0.324 e. The summed E-state index contributed by atoms with van der Waals surface area (Å²) in [7, 11) is 0. The molecule has 0 amide bonds. The second-order valence-electron chi connectivity index (χ2n) is 8.46. The van der Waals surface area contributed by atoms with Gasteiger partial charge in [0.2, 0.25) is 5.95 Å². The van der Waals surface area contributed by atoms with E-state index in [0.717, 1.165) is 29.2 Å². The van der Waals surface area contributed by atoms with Crippen LogP contribution in [-0.4, -0.2) is 19.1 Å². The molecule has 150 valence electrons. The van der Waals surface area contributed by atoms with E-state index < -0.39 is 0 Å². The van der Waals surface area contributed by atoms with Gasteiger partial charge in [-0.2, -0.15) is 4.98 Å². The van der Waals surface area contributed by atoms with Crippen molar-refractivity contribution in [3.63, 3.8) is 0 Å². The first-order chi connectivity index (χ1) is 14.8. The van der Waals surface area contributed by atoms with E-state index in [1.54, 1.807) is 10.8 Å². The predicted octanol–water partition coefficient (Wildman–Crippen LogP) is 4.69. The zero-order valence-electron chi connectivity index (χ0n) is 16.6. The van der Waals surface area contributed by atoms with E-state index in [1.807, 2.05) is 65.2 Å². The lowest BCUT2D eigenvalue weighted by Gasteiger charge is -2.22. The van der Waals surface area contributed by atoms with Gasteiger partial charge in [0.1, 0.15) is 5.52 Å². The third kappa shape index (κ3) is 2.75. The van der Waals surface area contributed by atoms with Crippen LogP contribution in [0.2, 0.25) is 0 Å². The number of rotatable bonds is 4. The van der Waals surface area contributed by atoms with Crippen molar-refractivity contribution >= 4 is 22.8 Å². The summed E-state index contributed by atoms with van der Waals surface area (Å²) in [6.45, 7) is 0. The van der Waals surface area contributed by atoms with E-state index >= 15 is 0 Å². The number of hydrogen-bond donors (Lipinski definition) is 1. The van der Waals surface area contributed by atoms with E-state index in [9.17, 15) is 4.79 Å². The molecule has 6 rings (SSSR count). The Morgan fingerprint density at radius 3 is 2.40 bits per heavy atom. The lowest BCUT2D eigenvalue weighted by molar-refractivity contribution is 0.329. The molecule has 2 aliphatic carbocycles. The first kappa shape index (κ1) is 17.4. The van der Waals surface area contributed by atoms with Gasteiger partial charge in [0.25, 0.3) is 0 Å². The van der Waals surface area contributed by atoms with E-state index in [2.05, 4.69) is 10.3 Å². The second kappa shape index (κ2) is 6.83. The van der Waals surface area contributed by atoms with Gasteiger partial charge < -0.3 is 5.32 Å². The van der Waals surface area contributed by atoms with Gasteiger partial charge in [-0.15, -0.1) is 0 Å². The first-order valence-corrected chi connectivity index (χ1v) is 10.7. The molecular formula is C24H23N5O. The maximum absolute atomic E-state index is 13.7. The molecule has 2 aromatic carbocycles. The Morgan fingerprint density at radius 1 is 0.933 bits per heavy atom. The van der Waals surface area contributed by atoms with Gasteiger partial charge in [0, 0.05) is 11.7 Å². The largest absolute Gasteiger partial charge is 0.335 e. The SMILES string of the molecule is O=c1n(-c2ccccc2)c2nc(Nc3ccccc3)ncc2n1C1CC2CCC1C2. The summed E-state index contributed by atoms with van der Waals surface area (Å²) in [5, 5.41) is 3.25. The summed E-state index contributed by atoms with van der Waals surface area (Å²) in [5.41, 5.74) is 3.21. The second-order valence-corrected chi connectivity index (χ2v) is 8.46. The third-order valence-corrected chi connectivity index (χ3v) is 6.70. The van der Waals surface area contributed by atoms with Gasteiger partial charge >= 0.3 is 5.69 Å². The normalized spacial score (nSPS) is 22.6. The average molecular weight is 397 g/mol. The van der Waals surface area contributed by atoms with Crippen LogP contribution in [0.25, 0.3) is 16.9 Å². The molecule has 2 aromatic heterocycles. The number of nitrogens with zero attached hydrogens (tertiary/aromatic N) is 4. The number of para-hydroxylation sites is 2. The molecule has 2 bridgehead atoms. The maximum Gasteiger partial charge on any atom is 0.335 e. The van der Waals surface area contributed by atoms with Crippen molar-refractivity contribution in [3.8, 4) is 5.69 Å². The molecule has 2 aliphatic rings. The highest BCUT2D eigenvalue weighted by Crippen LogP contribution is 2.50. The molecule has 30 heavy (non-hydrogen) atoms. The topological polar surface area (TPSA) is 64.7 Å². The van der Waals surface area contributed by atoms with Gasteiger partial charge in [-0.1, -0.05) is 42.8 Å². The minimum absolute atomic E-state index is 0.0140. The molecule has 1 N–H and O–H groups in total. The van der Waals surface area contributed by atoms with E-state index in [0.29, 0.717) is 17.5 Å². The summed E-state index contributed by atoms with van der Waals surface area (Å²) in [4.78, 5) is 23.0. The van der Waals surface area contributed by atoms with Crippen LogP contribution in [0.1, 0.15) is 31.7 Å². The van der Waals surface area contributed by atoms with Gasteiger partial charge in [-0.05, 0) is 55.4 Å². The molecular weight excluding hydrogens is 374 g/mol. The highest BCUT2D eigenvalue weighted by Gasteiger charge is 2.42. The van der Waals surface area contributed by atoms with Crippen LogP contribution in [0.5, 0.6) is 0 Å². The molecule has 3 atom stereocenters. The Balaban J connectivity index is 1.53. The van der Waals surface area contributed by atoms with Crippen LogP contribution in [0, 0.1) is 11.8 Å². The number of aromatic nitrogens is 4. The number of hydrogen-bond acceptors (Lipinski definition) is 4. The molecule has 4 aromatic rings. The van der Waals surface area contributed by atoms with Gasteiger partial charge in [0.15, 0.2) is 5.65 Å². The summed E-state index contributed by atoms with van der Waals surface area (Å²) in [5.74, 6) is 1.83. The van der Waals surface area contributed by atoms with Crippen molar-refractivity contribution in [2.75, 3.05) is 5.32 Å². The van der Waals surface area contributed by atoms with E-state index in [1.165, 1.54) is 19.3 Å². The molecule has 0 radical (unpaired) electrons. The molecule has 3 unspecified atom stereocenters. The van der Waals surface area contributed by atoms with Gasteiger partial charge in [-0.3, -0.25) is 4.57 Å². The van der Waals surface area contributed by atoms with Crippen molar-refractivity contribution in [1.82, 2.24) is 19.1 Å². The quantitative estimate of drug-likeness (QED) is 0.543. The molecule has 2 heterocycles. The van der Waals surface area contributed by atoms with Crippen molar-refractivity contribution in [1.29, 1.82) is 0 Å². The Labute approximate surface area is 174 Å². The van der Waals surface area contributed by atoms with Crippen LogP contribution in [-0.2, 0) is 0 Å². The standard InChI is InChI=1S/C24H23N5O/c30-24-28(19-9-5-2-6-10-19)22-21(29(24)20-14-16-11-12-17(20)13-16)15-25-23(27-22)26-18-7-3-1-4-8-18/h1-10,15-17,20H,11-14H2,(H,25,26,27). The summed E-state index contributed by atoms with van der Waals surface area (Å²) < 4.78 is 3.71. The van der Waals surface area contributed by atoms with E-state index in [4.69, 9.17) is 4.98 Å². The van der Waals surface area contributed by atoms with E-state index in [-0.39, 0.29) is 11.7 Å². The number of fused-ring (bicyclic) bond motifs is 3. The average Bonchev–Trinajstić information content (AvgIpc) is 3.47. The summed E-state index contributed by atoms with van der Waals surface area (Å²) >= 11 is 0. The van der Waals surface area contributed by atoms with Crippen LogP contribution >= 0.6 is 0 Å². The Kier molecular flexibility index (Phi) is 3.97. The van der Waals surface area contributed by atoms with Crippen LogP contribution < -0.4 is 11.0 Å². The Bertz CT molecular complexity index is 1260. The number of anilines is 2. The zero-order chi connectivity index (χ0) is 20.1. The van der Waals surface area contributed by atoms with Gasteiger partial charge in [-0.25, -0.2) is 14.3 Å². The van der Waals surface area contributed by atoms with Gasteiger partial charge in [0.05, 0.1) is 11.9 Å². The predicted molar refractivity (Wildman–Crippen MR) is 117 cm³/mol. The maximum atomic E-state index is 13.7. The lowest BCUT2D eigenvalue weighted by atomic mass is 9.95. The molecule has 2 saturated carbocycles.